The number of hydrogen-bond donors (Lipinski definition) is 1. The van der Waals surface area contributed by atoms with Crippen molar-refractivity contribution in [3.05, 3.63) is 11.1 Å². The molecule has 0 unspecified atom stereocenters. The quantitative estimate of drug-likeness (QED) is 0.765. The smallest absolute Gasteiger partial charge is 0.407 e. The second-order valence-electron chi connectivity index (χ2n) is 9.85. The molecule has 1 N–H and O–H groups in total. The van der Waals surface area contributed by atoms with E-state index in [0.29, 0.717) is 30.6 Å². The van der Waals surface area contributed by atoms with Crippen molar-refractivity contribution in [3.8, 4) is 0 Å². The molecule has 170 valence electrons. The first-order chi connectivity index (χ1) is 14.7. The lowest BCUT2D eigenvalue weighted by Crippen LogP contribution is -2.47. The number of hydrogen-bond acceptors (Lipinski definition) is 6. The van der Waals surface area contributed by atoms with Gasteiger partial charge in [0.25, 0.3) is 0 Å². The lowest BCUT2D eigenvalue weighted by atomic mass is 9.78. The van der Waals surface area contributed by atoms with Gasteiger partial charge in [0, 0.05) is 43.4 Å². The second kappa shape index (κ2) is 8.76. The normalized spacial score (nSPS) is 26.2. The van der Waals surface area contributed by atoms with Gasteiger partial charge in [-0.05, 0) is 46.0 Å². The van der Waals surface area contributed by atoms with Crippen molar-refractivity contribution in [2.45, 2.75) is 70.9 Å². The van der Waals surface area contributed by atoms with Gasteiger partial charge in [-0.15, -0.1) is 11.3 Å². The molecule has 0 radical (unpaired) electrons. The van der Waals surface area contributed by atoms with Crippen LogP contribution < -0.4 is 10.2 Å². The first kappa shape index (κ1) is 22.0. The fourth-order valence-electron chi connectivity index (χ4n) is 4.93. The molecular weight excluding hydrogens is 416 g/mol. The van der Waals surface area contributed by atoms with Crippen LogP contribution in [-0.4, -0.2) is 59.1 Å². The van der Waals surface area contributed by atoms with E-state index < -0.39 is 5.60 Å². The number of anilines is 1. The van der Waals surface area contributed by atoms with Gasteiger partial charge in [0.05, 0.1) is 12.1 Å². The first-order valence-electron chi connectivity index (χ1n) is 11.2. The lowest BCUT2D eigenvalue weighted by molar-refractivity contribution is -0.129. The summed E-state index contributed by atoms with van der Waals surface area (Å²) >= 11 is 1.43. The topological polar surface area (TPSA) is 91.8 Å². The van der Waals surface area contributed by atoms with E-state index in [-0.39, 0.29) is 36.3 Å². The van der Waals surface area contributed by atoms with Crippen LogP contribution in [-0.2, 0) is 20.7 Å². The summed E-state index contributed by atoms with van der Waals surface area (Å²) in [5, 5.41) is 5.63. The van der Waals surface area contributed by atoms with Gasteiger partial charge in [-0.25, -0.2) is 9.78 Å². The predicted octanol–water partition coefficient (Wildman–Crippen LogP) is 2.96. The van der Waals surface area contributed by atoms with Crippen molar-refractivity contribution in [3.63, 3.8) is 0 Å². The fraction of sp³-hybridized carbons (Fsp3) is 0.727. The Morgan fingerprint density at radius 1 is 1.26 bits per heavy atom. The maximum atomic E-state index is 13.0. The molecule has 2 aliphatic heterocycles. The van der Waals surface area contributed by atoms with Crippen LogP contribution in [0, 0.1) is 11.8 Å². The van der Waals surface area contributed by atoms with Gasteiger partial charge >= 0.3 is 6.09 Å². The summed E-state index contributed by atoms with van der Waals surface area (Å²) in [6.45, 7) is 7.67. The molecule has 3 aliphatic rings. The van der Waals surface area contributed by atoms with Crippen LogP contribution >= 0.6 is 11.3 Å². The van der Waals surface area contributed by atoms with Crippen LogP contribution in [0.15, 0.2) is 5.38 Å². The van der Waals surface area contributed by atoms with Crippen LogP contribution in [0.1, 0.15) is 58.6 Å². The number of nitrogens with one attached hydrogen (secondary N) is 1. The third-order valence-corrected chi connectivity index (χ3v) is 7.24. The van der Waals surface area contributed by atoms with Gasteiger partial charge in [0.2, 0.25) is 11.8 Å². The zero-order chi connectivity index (χ0) is 22.2. The van der Waals surface area contributed by atoms with Crippen LogP contribution in [0.3, 0.4) is 0 Å². The Morgan fingerprint density at radius 3 is 2.77 bits per heavy atom. The standard InChI is InChI=1S/C22H32N4O4S/c1-22(2,3)30-21(29)24-17-7-4-6-14-11-25(12-16(14)17)19(28)10-15-13-31-20(23-15)26-9-5-8-18(26)27/h13-14,16-17H,4-12H2,1-3H3,(H,24,29)/t14-,16+,17+/m0/s1. The van der Waals surface area contributed by atoms with Crippen LogP contribution in [0.2, 0.25) is 0 Å². The van der Waals surface area contributed by atoms with E-state index >= 15 is 0 Å². The first-order valence-corrected chi connectivity index (χ1v) is 12.1. The van der Waals surface area contributed by atoms with Crippen molar-refractivity contribution < 1.29 is 19.1 Å². The minimum atomic E-state index is -0.526. The maximum Gasteiger partial charge on any atom is 0.407 e. The number of alkyl carbamates (subject to hydrolysis) is 1. The zero-order valence-corrected chi connectivity index (χ0v) is 19.4. The van der Waals surface area contributed by atoms with Gasteiger partial charge in [-0.1, -0.05) is 6.42 Å². The number of nitrogens with zero attached hydrogens (tertiary/aromatic N) is 3. The molecule has 9 heteroatoms. The zero-order valence-electron chi connectivity index (χ0n) is 18.6. The molecule has 1 aromatic rings. The Labute approximate surface area is 187 Å². The Balaban J connectivity index is 1.34. The van der Waals surface area contributed by atoms with E-state index in [1.807, 2.05) is 31.1 Å². The summed E-state index contributed by atoms with van der Waals surface area (Å²) in [6.07, 6.45) is 4.35. The largest absolute Gasteiger partial charge is 0.444 e. The molecular formula is C22H32N4O4S. The van der Waals surface area contributed by atoms with Crippen molar-refractivity contribution >= 4 is 34.4 Å². The molecule has 8 nitrogen and oxygen atoms in total. The molecule has 0 spiro atoms. The minimum Gasteiger partial charge on any atom is -0.444 e. The molecule has 3 atom stereocenters. The lowest BCUT2D eigenvalue weighted by Gasteiger charge is -2.33. The number of fused-ring (bicyclic) bond motifs is 1. The van der Waals surface area contributed by atoms with E-state index in [2.05, 4.69) is 10.3 Å². The van der Waals surface area contributed by atoms with E-state index in [1.165, 1.54) is 11.3 Å². The van der Waals surface area contributed by atoms with Gasteiger partial charge in [0.15, 0.2) is 5.13 Å². The van der Waals surface area contributed by atoms with Gasteiger partial charge in [0.1, 0.15) is 5.60 Å². The van der Waals surface area contributed by atoms with Gasteiger partial charge in [-0.2, -0.15) is 0 Å². The summed E-state index contributed by atoms with van der Waals surface area (Å²) in [5.41, 5.74) is 0.199. The Bertz CT molecular complexity index is 849. The molecule has 31 heavy (non-hydrogen) atoms. The summed E-state index contributed by atoms with van der Waals surface area (Å²) in [5.74, 6) is 0.846. The van der Waals surface area contributed by atoms with Gasteiger partial charge < -0.3 is 15.0 Å². The van der Waals surface area contributed by atoms with E-state index in [4.69, 9.17) is 4.74 Å². The molecule has 1 aliphatic carbocycles. The highest BCUT2D eigenvalue weighted by molar-refractivity contribution is 7.14. The number of rotatable bonds is 4. The van der Waals surface area contributed by atoms with E-state index in [0.717, 1.165) is 37.9 Å². The van der Waals surface area contributed by atoms with Crippen LogP contribution in [0.4, 0.5) is 9.93 Å². The molecule has 3 amide bonds. The number of likely N-dealkylation sites (tertiary alicyclic amines) is 1. The predicted molar refractivity (Wildman–Crippen MR) is 118 cm³/mol. The molecule has 3 fully saturated rings. The Morgan fingerprint density at radius 2 is 2.06 bits per heavy atom. The monoisotopic (exact) mass is 448 g/mol. The van der Waals surface area contributed by atoms with E-state index in [9.17, 15) is 14.4 Å². The SMILES string of the molecule is CC(C)(C)OC(=O)N[C@@H]1CCC[C@H]2CN(C(=O)Cc3csc(N4CCCC4=O)n3)C[C@H]21. The van der Waals surface area contributed by atoms with Crippen LogP contribution in [0.5, 0.6) is 0 Å². The third-order valence-electron chi connectivity index (χ3n) is 6.33. The Kier molecular flexibility index (Phi) is 6.23. The highest BCUT2D eigenvalue weighted by atomic mass is 32.1. The molecule has 2 saturated heterocycles. The fourth-order valence-corrected chi connectivity index (χ4v) is 5.80. The molecule has 3 heterocycles. The summed E-state index contributed by atoms with van der Waals surface area (Å²) in [6, 6.07) is 0.0402. The molecule has 0 bridgehead atoms. The van der Waals surface area contributed by atoms with Crippen LogP contribution in [0.25, 0.3) is 0 Å². The third kappa shape index (κ3) is 5.19. The molecule has 1 saturated carbocycles. The highest BCUT2D eigenvalue weighted by Gasteiger charge is 2.42. The minimum absolute atomic E-state index is 0.0402. The number of amides is 3. The summed E-state index contributed by atoms with van der Waals surface area (Å²) < 4.78 is 5.43. The second-order valence-corrected chi connectivity index (χ2v) is 10.7. The van der Waals surface area contributed by atoms with Crippen molar-refractivity contribution in [2.24, 2.45) is 11.8 Å². The average Bonchev–Trinajstić information content (AvgIpc) is 3.39. The van der Waals surface area contributed by atoms with Gasteiger partial charge in [-0.3, -0.25) is 14.5 Å². The molecule has 4 rings (SSSR count). The van der Waals surface area contributed by atoms with Crippen molar-refractivity contribution in [1.29, 1.82) is 0 Å². The number of ether oxygens (including phenoxy) is 1. The number of aromatic nitrogens is 1. The van der Waals surface area contributed by atoms with Crippen molar-refractivity contribution in [2.75, 3.05) is 24.5 Å². The number of carbonyl (C=O) groups excluding carboxylic acids is 3. The highest BCUT2D eigenvalue weighted by Crippen LogP contribution is 2.37. The maximum absolute atomic E-state index is 13.0. The average molecular weight is 449 g/mol. The van der Waals surface area contributed by atoms with E-state index in [1.54, 1.807) is 4.90 Å². The van der Waals surface area contributed by atoms with Crippen molar-refractivity contribution in [1.82, 2.24) is 15.2 Å². The number of carbonyl (C=O) groups is 3. The summed E-state index contributed by atoms with van der Waals surface area (Å²) in [4.78, 5) is 45.3. The number of thiazole rings is 1. The molecule has 1 aromatic heterocycles. The Hall–Kier alpha value is -2.16. The summed E-state index contributed by atoms with van der Waals surface area (Å²) in [7, 11) is 0. The molecule has 0 aromatic carbocycles.